The molecule has 0 unspecified atom stereocenters. The summed E-state index contributed by atoms with van der Waals surface area (Å²) in [7, 11) is 0. The number of rotatable bonds is 2. The zero-order valence-corrected chi connectivity index (χ0v) is 12.1. The van der Waals surface area contributed by atoms with Gasteiger partial charge >= 0.3 is 0 Å². The van der Waals surface area contributed by atoms with Crippen LogP contribution in [-0.2, 0) is 11.2 Å². The third kappa shape index (κ3) is 2.54. The molecule has 1 aliphatic heterocycles. The third-order valence-corrected chi connectivity index (χ3v) is 3.67. The first kappa shape index (κ1) is 14.5. The van der Waals surface area contributed by atoms with Crippen LogP contribution in [0.2, 0.25) is 0 Å². The van der Waals surface area contributed by atoms with Gasteiger partial charge in [0.1, 0.15) is 6.61 Å². The third-order valence-electron chi connectivity index (χ3n) is 3.67. The van der Waals surface area contributed by atoms with Crippen LogP contribution < -0.4 is 9.64 Å². The van der Waals surface area contributed by atoms with Crippen LogP contribution in [0.1, 0.15) is 12.5 Å². The molecule has 0 aromatic heterocycles. The zero-order valence-electron chi connectivity index (χ0n) is 12.1. The fourth-order valence-electron chi connectivity index (χ4n) is 2.60. The monoisotopic (exact) mass is 303 g/mol. The van der Waals surface area contributed by atoms with Crippen LogP contribution in [0.5, 0.6) is 5.75 Å². The van der Waals surface area contributed by atoms with Gasteiger partial charge in [-0.05, 0) is 24.6 Å². The molecule has 0 saturated heterocycles. The van der Waals surface area contributed by atoms with Crippen molar-refractivity contribution in [3.8, 4) is 5.75 Å². The average molecular weight is 303 g/mol. The minimum atomic E-state index is -1.05. The van der Waals surface area contributed by atoms with Crippen LogP contribution in [0, 0.1) is 11.6 Å². The summed E-state index contributed by atoms with van der Waals surface area (Å²) in [4.78, 5) is 14.1. The van der Waals surface area contributed by atoms with E-state index in [1.54, 1.807) is 0 Å². The molecule has 1 atom stereocenters. The molecule has 0 bridgehead atoms. The molecule has 0 fully saturated rings. The Kier molecular flexibility index (Phi) is 3.79. The highest BCUT2D eigenvalue weighted by molar-refractivity contribution is 5.97. The first-order chi connectivity index (χ1) is 10.6. The number of carbonyl (C=O) groups excluding carboxylic acids is 1. The predicted molar refractivity (Wildman–Crippen MR) is 78.9 cm³/mol. The second-order valence-electron chi connectivity index (χ2n) is 5.30. The molecule has 1 heterocycles. The summed E-state index contributed by atoms with van der Waals surface area (Å²) < 4.78 is 32.4. The molecule has 1 amide bonds. The molecular weight excluding hydrogens is 288 g/mol. The molecule has 0 spiro atoms. The normalized spacial score (nSPS) is 16.9. The first-order valence-corrected chi connectivity index (χ1v) is 7.04. The summed E-state index contributed by atoms with van der Waals surface area (Å²) in [6.45, 7) is 1.95. The zero-order chi connectivity index (χ0) is 15.7. The number of amides is 1. The molecule has 0 saturated carbocycles. The molecule has 1 aliphatic rings. The van der Waals surface area contributed by atoms with Crippen LogP contribution in [0.4, 0.5) is 14.5 Å². The van der Waals surface area contributed by atoms with Gasteiger partial charge in [0.25, 0.3) is 0 Å². The van der Waals surface area contributed by atoms with E-state index in [-0.39, 0.29) is 36.4 Å². The van der Waals surface area contributed by atoms with Crippen LogP contribution in [0.25, 0.3) is 0 Å². The molecule has 2 aromatic carbocycles. The number of hydrogen-bond donors (Lipinski definition) is 0. The van der Waals surface area contributed by atoms with Gasteiger partial charge in [0.2, 0.25) is 11.7 Å². The quantitative estimate of drug-likeness (QED) is 0.852. The summed E-state index contributed by atoms with van der Waals surface area (Å²) in [6.07, 6.45) is 0.198. The molecule has 22 heavy (non-hydrogen) atoms. The van der Waals surface area contributed by atoms with Crippen LogP contribution in [-0.4, -0.2) is 18.6 Å². The Hall–Kier alpha value is -2.43. The van der Waals surface area contributed by atoms with Crippen LogP contribution >= 0.6 is 0 Å². The fraction of sp³-hybridized carbons (Fsp3) is 0.235. The highest BCUT2D eigenvalue weighted by Crippen LogP contribution is 2.37. The molecule has 114 valence electrons. The molecule has 3 nitrogen and oxygen atoms in total. The van der Waals surface area contributed by atoms with Crippen molar-refractivity contribution >= 4 is 11.6 Å². The average Bonchev–Trinajstić information content (AvgIpc) is 2.51. The van der Waals surface area contributed by atoms with E-state index in [9.17, 15) is 13.6 Å². The van der Waals surface area contributed by atoms with Gasteiger partial charge in [-0.15, -0.1) is 0 Å². The van der Waals surface area contributed by atoms with Crippen molar-refractivity contribution < 1.29 is 18.3 Å². The summed E-state index contributed by atoms with van der Waals surface area (Å²) in [5.74, 6) is -2.40. The molecule has 0 N–H and O–H groups in total. The van der Waals surface area contributed by atoms with Crippen molar-refractivity contribution in [2.45, 2.75) is 19.4 Å². The lowest BCUT2D eigenvalue weighted by molar-refractivity contribution is -0.118. The van der Waals surface area contributed by atoms with E-state index in [1.807, 2.05) is 37.3 Å². The highest BCUT2D eigenvalue weighted by atomic mass is 19.2. The second kappa shape index (κ2) is 5.75. The summed E-state index contributed by atoms with van der Waals surface area (Å²) in [5.41, 5.74) is 1.15. The number of nitrogens with zero attached hydrogens (tertiary/aromatic N) is 1. The van der Waals surface area contributed by atoms with Gasteiger partial charge in [-0.25, -0.2) is 4.39 Å². The topological polar surface area (TPSA) is 29.5 Å². The van der Waals surface area contributed by atoms with Crippen molar-refractivity contribution in [1.82, 2.24) is 0 Å². The lowest BCUT2D eigenvalue weighted by atomic mass is 10.1. The predicted octanol–water partition coefficient (Wildman–Crippen LogP) is 3.32. The van der Waals surface area contributed by atoms with Gasteiger partial charge < -0.3 is 9.64 Å². The van der Waals surface area contributed by atoms with E-state index >= 15 is 0 Å². The van der Waals surface area contributed by atoms with Crippen LogP contribution in [0.3, 0.4) is 0 Å². The van der Waals surface area contributed by atoms with Crippen molar-refractivity contribution in [1.29, 1.82) is 0 Å². The minimum Gasteiger partial charge on any atom is -0.486 e. The Labute approximate surface area is 127 Å². The number of benzene rings is 2. The minimum absolute atomic E-state index is 0.133. The van der Waals surface area contributed by atoms with Gasteiger partial charge in [-0.1, -0.05) is 30.3 Å². The van der Waals surface area contributed by atoms with Crippen molar-refractivity contribution in [3.05, 3.63) is 59.7 Å². The van der Waals surface area contributed by atoms with Crippen molar-refractivity contribution in [2.75, 3.05) is 11.5 Å². The number of ether oxygens (including phenoxy) is 1. The Morgan fingerprint density at radius 2 is 1.95 bits per heavy atom. The summed E-state index contributed by atoms with van der Waals surface area (Å²) in [5, 5.41) is 0. The van der Waals surface area contributed by atoms with Gasteiger partial charge in [-0.3, -0.25) is 4.79 Å². The Morgan fingerprint density at radius 3 is 2.68 bits per heavy atom. The Bertz CT molecular complexity index is 703. The lowest BCUT2D eigenvalue weighted by Gasteiger charge is -2.35. The molecular formula is C17H15F2NO2. The van der Waals surface area contributed by atoms with E-state index < -0.39 is 11.6 Å². The molecule has 3 rings (SSSR count). The van der Waals surface area contributed by atoms with E-state index in [1.165, 1.54) is 11.0 Å². The SMILES string of the molecule is C[C@@H]1COc2c(ccc(F)c2F)N1C(=O)Cc1ccccc1. The Balaban J connectivity index is 1.94. The first-order valence-electron chi connectivity index (χ1n) is 7.04. The number of halogens is 2. The maximum Gasteiger partial charge on any atom is 0.231 e. The van der Waals surface area contributed by atoms with Gasteiger partial charge in [-0.2, -0.15) is 4.39 Å². The number of anilines is 1. The van der Waals surface area contributed by atoms with Gasteiger partial charge in [0.05, 0.1) is 18.2 Å². The maximum absolute atomic E-state index is 13.8. The molecule has 0 radical (unpaired) electrons. The van der Waals surface area contributed by atoms with Gasteiger partial charge in [0, 0.05) is 0 Å². The van der Waals surface area contributed by atoms with Crippen molar-refractivity contribution in [2.24, 2.45) is 0 Å². The number of carbonyl (C=O) groups is 1. The summed E-state index contributed by atoms with van der Waals surface area (Å²) >= 11 is 0. The number of hydrogen-bond acceptors (Lipinski definition) is 2. The number of fused-ring (bicyclic) bond motifs is 1. The largest absolute Gasteiger partial charge is 0.486 e. The lowest BCUT2D eigenvalue weighted by Crippen LogP contribution is -2.46. The molecule has 2 aromatic rings. The fourth-order valence-corrected chi connectivity index (χ4v) is 2.60. The Morgan fingerprint density at radius 1 is 1.23 bits per heavy atom. The molecule has 0 aliphatic carbocycles. The second-order valence-corrected chi connectivity index (χ2v) is 5.30. The van der Waals surface area contributed by atoms with E-state index in [0.29, 0.717) is 0 Å². The summed E-state index contributed by atoms with van der Waals surface area (Å²) in [6, 6.07) is 11.4. The smallest absolute Gasteiger partial charge is 0.231 e. The van der Waals surface area contributed by atoms with E-state index in [4.69, 9.17) is 4.74 Å². The van der Waals surface area contributed by atoms with Gasteiger partial charge in [0.15, 0.2) is 11.6 Å². The van der Waals surface area contributed by atoms with Crippen LogP contribution in [0.15, 0.2) is 42.5 Å². The van der Waals surface area contributed by atoms with E-state index in [2.05, 4.69) is 0 Å². The van der Waals surface area contributed by atoms with E-state index in [0.717, 1.165) is 11.6 Å². The highest BCUT2D eigenvalue weighted by Gasteiger charge is 2.32. The standard InChI is InChI=1S/C17H15F2NO2/c1-11-10-22-17-14(8-7-13(18)16(17)19)20(11)15(21)9-12-5-3-2-4-6-12/h2-8,11H,9-10H2,1H3/t11-/m1/s1. The van der Waals surface area contributed by atoms with Crippen molar-refractivity contribution in [3.63, 3.8) is 0 Å². The maximum atomic E-state index is 13.8. The molecule has 5 heteroatoms.